The Hall–Kier alpha value is -4.97. The van der Waals surface area contributed by atoms with Crippen molar-refractivity contribution in [3.63, 3.8) is 0 Å². The molecule has 18 heteroatoms. The van der Waals surface area contributed by atoms with Gasteiger partial charge in [0.25, 0.3) is 5.91 Å². The van der Waals surface area contributed by atoms with Crippen LogP contribution in [-0.4, -0.2) is 167 Å². The molecular weight excluding hydrogens is 835 g/mol. The molecule has 6 rings (SSSR count). The van der Waals surface area contributed by atoms with Gasteiger partial charge in [0, 0.05) is 83.5 Å². The fourth-order valence-electron chi connectivity index (χ4n) is 9.30. The summed E-state index contributed by atoms with van der Waals surface area (Å²) in [5.41, 5.74) is 3.64. The van der Waals surface area contributed by atoms with Gasteiger partial charge in [-0.05, 0) is 61.3 Å². The van der Waals surface area contributed by atoms with Crippen molar-refractivity contribution in [1.82, 2.24) is 30.2 Å². The number of piperazine rings is 1. The van der Waals surface area contributed by atoms with Gasteiger partial charge in [-0.25, -0.2) is 9.59 Å². The van der Waals surface area contributed by atoms with E-state index in [4.69, 9.17) is 19.2 Å². The monoisotopic (exact) mass is 906 g/mol. The second kappa shape index (κ2) is 21.3. The first-order chi connectivity index (χ1) is 30.5. The molecule has 2 N–H and O–H groups in total. The number of amides is 5. The van der Waals surface area contributed by atoms with E-state index in [1.807, 2.05) is 37.5 Å². The largest absolute Gasteiger partial charge is 0.453 e. The van der Waals surface area contributed by atoms with Crippen molar-refractivity contribution in [2.45, 2.75) is 116 Å². The third kappa shape index (κ3) is 11.5. The molecule has 0 saturated carbocycles. The van der Waals surface area contributed by atoms with Gasteiger partial charge in [0.2, 0.25) is 11.8 Å². The number of hydrogen-bond acceptors (Lipinski definition) is 12. The van der Waals surface area contributed by atoms with Crippen LogP contribution in [0.15, 0.2) is 46.0 Å². The highest BCUT2D eigenvalue weighted by atomic mass is 28.3. The number of nitrogens with zero attached hydrogens (tertiary/aromatic N) is 7. The lowest BCUT2D eigenvalue weighted by Crippen LogP contribution is -2.55. The van der Waals surface area contributed by atoms with Crippen molar-refractivity contribution in [2.75, 3.05) is 78.3 Å². The Bertz CT molecular complexity index is 1940. The van der Waals surface area contributed by atoms with E-state index in [2.05, 4.69) is 69.3 Å². The average molecular weight is 906 g/mol. The summed E-state index contributed by atoms with van der Waals surface area (Å²) in [4.78, 5) is 85.5. The van der Waals surface area contributed by atoms with Crippen LogP contribution in [0.2, 0.25) is 25.7 Å². The van der Waals surface area contributed by atoms with Gasteiger partial charge in [0.05, 0.1) is 38.9 Å². The molecule has 5 amide bonds. The number of likely N-dealkylation sites (tertiary alicyclic amines) is 2. The molecule has 5 aliphatic heterocycles. The lowest BCUT2D eigenvalue weighted by molar-refractivity contribution is -0.135. The van der Waals surface area contributed by atoms with Crippen molar-refractivity contribution in [2.24, 2.45) is 21.8 Å². The first-order valence-electron chi connectivity index (χ1n) is 23.1. The van der Waals surface area contributed by atoms with E-state index in [1.54, 1.807) is 11.1 Å². The van der Waals surface area contributed by atoms with Gasteiger partial charge in [0.1, 0.15) is 24.7 Å². The number of alkyl carbamates (subject to hydrolysis) is 2. The number of carbonyl (C=O) groups is 5. The minimum Gasteiger partial charge on any atom is -0.453 e. The van der Waals surface area contributed by atoms with E-state index in [0.29, 0.717) is 71.1 Å². The second-order valence-electron chi connectivity index (χ2n) is 19.4. The Morgan fingerprint density at radius 2 is 1.33 bits per heavy atom. The molecule has 64 heavy (non-hydrogen) atoms. The zero-order valence-corrected chi connectivity index (χ0v) is 40.4. The molecule has 0 spiro atoms. The number of anilines is 1. The summed E-state index contributed by atoms with van der Waals surface area (Å²) >= 11 is 0. The van der Waals surface area contributed by atoms with Crippen LogP contribution < -0.4 is 15.5 Å². The van der Waals surface area contributed by atoms with Gasteiger partial charge in [0.15, 0.2) is 0 Å². The Labute approximate surface area is 380 Å². The highest BCUT2D eigenvalue weighted by Gasteiger charge is 2.43. The summed E-state index contributed by atoms with van der Waals surface area (Å²) in [5.74, 6) is 0.282. The normalized spacial score (nSPS) is 22.4. The van der Waals surface area contributed by atoms with Gasteiger partial charge < -0.3 is 49.3 Å². The van der Waals surface area contributed by atoms with Crippen LogP contribution in [0.5, 0.6) is 0 Å². The van der Waals surface area contributed by atoms with E-state index < -0.39 is 32.3 Å². The predicted octanol–water partition coefficient (Wildman–Crippen LogP) is 4.87. The van der Waals surface area contributed by atoms with E-state index in [1.165, 1.54) is 14.2 Å². The number of ether oxygens (including phenoxy) is 3. The number of aliphatic imine (C=N–C) groups is 2. The van der Waals surface area contributed by atoms with E-state index in [-0.39, 0.29) is 47.7 Å². The van der Waals surface area contributed by atoms with Crippen LogP contribution in [0.4, 0.5) is 15.3 Å². The average Bonchev–Trinajstić information content (AvgIpc) is 4.12. The smallest absolute Gasteiger partial charge is 0.407 e. The first kappa shape index (κ1) is 48.5. The van der Waals surface area contributed by atoms with Crippen LogP contribution >= 0.6 is 0 Å². The summed E-state index contributed by atoms with van der Waals surface area (Å²) < 4.78 is 16.0. The van der Waals surface area contributed by atoms with E-state index >= 15 is 0 Å². The van der Waals surface area contributed by atoms with Crippen LogP contribution in [0.3, 0.4) is 0 Å². The Balaban J connectivity index is 1.06. The SMILES string of the molecule is COC(=O)N[C@H](C(=O)N1CCC[C@H]1C1=NC=C(C(=O)N2CCN(c3ccc(C4CN=C([C@@H]5CCCN5C(=O)[C@@H](NC(=O)OC)C(C)C)N4COCC[Si](C)(C)C)cc3)CC2)C1)C(C)C. The fraction of sp³-hybridized carbons (Fsp3) is 0.674. The zero-order valence-electron chi connectivity index (χ0n) is 39.4. The molecule has 5 atom stereocenters. The third-order valence-corrected chi connectivity index (χ3v) is 14.8. The maximum absolute atomic E-state index is 14.0. The number of benzene rings is 1. The maximum Gasteiger partial charge on any atom is 0.407 e. The van der Waals surface area contributed by atoms with Gasteiger partial charge in [-0.2, -0.15) is 0 Å². The summed E-state index contributed by atoms with van der Waals surface area (Å²) in [5, 5.41) is 5.45. The topological polar surface area (TPSA) is 178 Å². The molecular formula is C46H71N9O8Si. The second-order valence-corrected chi connectivity index (χ2v) is 25.1. The van der Waals surface area contributed by atoms with Crippen LogP contribution in [0, 0.1) is 11.8 Å². The Kier molecular flexibility index (Phi) is 16.2. The summed E-state index contributed by atoms with van der Waals surface area (Å²) in [6.07, 6.45) is 4.01. The molecule has 5 heterocycles. The summed E-state index contributed by atoms with van der Waals surface area (Å²) in [6, 6.07) is 7.72. The summed E-state index contributed by atoms with van der Waals surface area (Å²) in [6.45, 7) is 19.9. The standard InChI is InChI=1S/C46H71N9O8Si/c1-30(2)39(49-45(59)61-5)43(57)53-18-10-12-36(53)35-26-33(27-47-35)42(56)52-22-20-51(21-23-52)34-16-14-32(15-17-34)38-28-48-41(55(38)29-63-24-25-64(7,8)9)37-13-11-19-54(37)44(58)40(31(3)4)50-46(60)62-6/h14-17,27,30-31,36-40H,10-13,18-26,28-29H2,1-9H3,(H,49,59)(H,50,60)/t36-,37-,38?,39-,40-/m0/s1. The number of carbonyl (C=O) groups excluding carboxylic acids is 5. The number of amidine groups is 1. The molecule has 1 aromatic rings. The van der Waals surface area contributed by atoms with Gasteiger partial charge in [-0.1, -0.05) is 59.5 Å². The lowest BCUT2D eigenvalue weighted by atomic mass is 9.99. The molecule has 0 aromatic heterocycles. The van der Waals surface area contributed by atoms with Crippen molar-refractivity contribution in [3.8, 4) is 0 Å². The molecule has 5 aliphatic rings. The highest BCUT2D eigenvalue weighted by molar-refractivity contribution is 6.76. The van der Waals surface area contributed by atoms with Gasteiger partial charge in [-0.15, -0.1) is 0 Å². The summed E-state index contributed by atoms with van der Waals surface area (Å²) in [7, 11) is 1.26. The molecule has 352 valence electrons. The van der Waals surface area contributed by atoms with Crippen LogP contribution in [0.1, 0.15) is 71.4 Å². The van der Waals surface area contributed by atoms with Crippen LogP contribution in [-0.2, 0) is 28.6 Å². The van der Waals surface area contributed by atoms with E-state index in [9.17, 15) is 24.0 Å². The Morgan fingerprint density at radius 3 is 1.88 bits per heavy atom. The van der Waals surface area contributed by atoms with E-state index in [0.717, 1.165) is 54.5 Å². The third-order valence-electron chi connectivity index (χ3n) is 13.1. The quantitative estimate of drug-likeness (QED) is 0.172. The molecule has 3 fully saturated rings. The van der Waals surface area contributed by atoms with Crippen LogP contribution in [0.25, 0.3) is 0 Å². The maximum atomic E-state index is 14.0. The predicted molar refractivity (Wildman–Crippen MR) is 249 cm³/mol. The first-order valence-corrected chi connectivity index (χ1v) is 26.8. The molecule has 0 radical (unpaired) electrons. The molecule has 0 aliphatic carbocycles. The van der Waals surface area contributed by atoms with Gasteiger partial charge >= 0.3 is 12.2 Å². The van der Waals surface area contributed by atoms with Gasteiger partial charge in [-0.3, -0.25) is 24.4 Å². The highest BCUT2D eigenvalue weighted by Crippen LogP contribution is 2.34. The zero-order chi connectivity index (χ0) is 46.3. The molecule has 0 bridgehead atoms. The number of nitrogens with one attached hydrogen (secondary N) is 2. The van der Waals surface area contributed by atoms with Crippen molar-refractivity contribution < 1.29 is 38.2 Å². The molecule has 1 aromatic carbocycles. The minimum absolute atomic E-state index is 0.0248. The van der Waals surface area contributed by atoms with Crippen molar-refractivity contribution in [3.05, 3.63) is 41.6 Å². The lowest BCUT2D eigenvalue weighted by Gasteiger charge is -2.37. The number of hydrogen-bond donors (Lipinski definition) is 2. The van der Waals surface area contributed by atoms with Crippen molar-refractivity contribution in [1.29, 1.82) is 0 Å². The fourth-order valence-corrected chi connectivity index (χ4v) is 10.1. The van der Waals surface area contributed by atoms with Crippen molar-refractivity contribution >= 4 is 55.2 Å². The molecule has 17 nitrogen and oxygen atoms in total. The molecule has 3 saturated heterocycles. The molecule has 1 unspecified atom stereocenters. The number of rotatable bonds is 16. The Morgan fingerprint density at radius 1 is 0.766 bits per heavy atom. The number of methoxy groups -OCH3 is 2. The minimum atomic E-state index is -1.32.